The Morgan fingerprint density at radius 2 is 1.65 bits per heavy atom. The minimum absolute atomic E-state index is 0.280. The van der Waals surface area contributed by atoms with Gasteiger partial charge in [0.15, 0.2) is 17.5 Å². The molecule has 2 atom stereocenters. The summed E-state index contributed by atoms with van der Waals surface area (Å²) in [5.41, 5.74) is 0.899. The molecule has 0 aliphatic heterocycles. The van der Waals surface area contributed by atoms with Gasteiger partial charge in [0, 0.05) is 10.7 Å². The number of nitrogens with one attached hydrogen (secondary N) is 2. The van der Waals surface area contributed by atoms with Gasteiger partial charge in [0.25, 0.3) is 0 Å². The summed E-state index contributed by atoms with van der Waals surface area (Å²) in [4.78, 5) is 24.3. The molecular weight excluding hydrogens is 369 g/mol. The number of carbonyl (C=O) groups excluding carboxylic acids is 2. The maximum atomic E-state index is 13.6. The number of benzene rings is 2. The van der Waals surface area contributed by atoms with Gasteiger partial charge in [-0.3, -0.25) is 9.59 Å². The van der Waals surface area contributed by atoms with Crippen LogP contribution in [0.5, 0.6) is 0 Å². The van der Waals surface area contributed by atoms with Gasteiger partial charge < -0.3 is 10.6 Å². The van der Waals surface area contributed by atoms with E-state index in [1.54, 1.807) is 18.2 Å². The van der Waals surface area contributed by atoms with Crippen molar-refractivity contribution in [1.29, 1.82) is 0 Å². The molecule has 1 saturated carbocycles. The first-order chi connectivity index (χ1) is 12.3. The molecule has 0 bridgehead atoms. The molecule has 1 aliphatic carbocycles. The number of aryl methyl sites for hydroxylation is 1. The lowest BCUT2D eigenvalue weighted by atomic mass is 10.2. The topological polar surface area (TPSA) is 58.2 Å². The Morgan fingerprint density at radius 3 is 2.31 bits per heavy atom. The van der Waals surface area contributed by atoms with Gasteiger partial charge in [-0.2, -0.15) is 0 Å². The predicted molar refractivity (Wildman–Crippen MR) is 91.4 cm³/mol. The molecule has 0 heterocycles. The first-order valence-corrected chi connectivity index (χ1v) is 8.17. The van der Waals surface area contributed by atoms with E-state index in [-0.39, 0.29) is 12.3 Å². The Morgan fingerprint density at radius 1 is 1.00 bits per heavy atom. The van der Waals surface area contributed by atoms with Crippen LogP contribution in [0.25, 0.3) is 0 Å². The Kier molecular flexibility index (Phi) is 4.91. The Labute approximate surface area is 152 Å². The van der Waals surface area contributed by atoms with Crippen LogP contribution >= 0.6 is 11.6 Å². The van der Waals surface area contributed by atoms with Gasteiger partial charge in [-0.15, -0.1) is 0 Å². The zero-order chi connectivity index (χ0) is 19.0. The first-order valence-electron chi connectivity index (χ1n) is 7.79. The summed E-state index contributed by atoms with van der Waals surface area (Å²) in [7, 11) is 0. The second-order valence-corrected chi connectivity index (χ2v) is 6.52. The maximum Gasteiger partial charge on any atom is 0.228 e. The van der Waals surface area contributed by atoms with Crippen LogP contribution in [0.1, 0.15) is 12.0 Å². The molecular formula is C18H14ClF3N2O2. The van der Waals surface area contributed by atoms with Crippen LogP contribution in [-0.2, 0) is 9.59 Å². The van der Waals surface area contributed by atoms with Crippen molar-refractivity contribution in [2.24, 2.45) is 11.8 Å². The van der Waals surface area contributed by atoms with Crippen molar-refractivity contribution in [2.75, 3.05) is 10.6 Å². The van der Waals surface area contributed by atoms with Crippen LogP contribution in [0, 0.1) is 36.2 Å². The molecule has 2 aromatic carbocycles. The monoisotopic (exact) mass is 382 g/mol. The molecule has 136 valence electrons. The van der Waals surface area contributed by atoms with Crippen LogP contribution in [0.4, 0.5) is 24.5 Å². The van der Waals surface area contributed by atoms with Crippen LogP contribution in [0.15, 0.2) is 30.3 Å². The van der Waals surface area contributed by atoms with E-state index in [4.69, 9.17) is 11.6 Å². The summed E-state index contributed by atoms with van der Waals surface area (Å²) in [5.74, 6) is -6.72. The van der Waals surface area contributed by atoms with E-state index in [0.29, 0.717) is 16.8 Å². The Hall–Kier alpha value is -2.54. The smallest absolute Gasteiger partial charge is 0.228 e. The summed E-state index contributed by atoms with van der Waals surface area (Å²) in [6.45, 7) is 1.83. The van der Waals surface area contributed by atoms with Crippen molar-refractivity contribution in [3.05, 3.63) is 58.4 Å². The molecule has 0 spiro atoms. The van der Waals surface area contributed by atoms with Crippen molar-refractivity contribution in [3.8, 4) is 0 Å². The van der Waals surface area contributed by atoms with Gasteiger partial charge in [-0.25, -0.2) is 13.2 Å². The SMILES string of the molecule is Cc1ccc(NC(=O)C2CC2C(=O)Nc2ccc(F)c(F)c2F)cc1Cl. The molecule has 1 fully saturated rings. The molecule has 2 amide bonds. The molecule has 8 heteroatoms. The minimum atomic E-state index is -1.66. The van der Waals surface area contributed by atoms with Crippen molar-refractivity contribution in [2.45, 2.75) is 13.3 Å². The summed E-state index contributed by atoms with van der Waals surface area (Å²) >= 11 is 5.99. The minimum Gasteiger partial charge on any atom is -0.326 e. The summed E-state index contributed by atoms with van der Waals surface area (Å²) < 4.78 is 39.7. The standard InChI is InChI=1S/C18H14ClF3N2O2/c1-8-2-3-9(6-12(8)19)23-17(25)10-7-11(10)18(26)24-14-5-4-13(20)15(21)16(14)22/h2-6,10-11H,7H2,1H3,(H,23,25)(H,24,26). The molecule has 1 aliphatic rings. The van der Waals surface area contributed by atoms with Gasteiger partial charge in [-0.1, -0.05) is 17.7 Å². The third kappa shape index (κ3) is 3.67. The molecule has 3 rings (SSSR count). The van der Waals surface area contributed by atoms with Crippen molar-refractivity contribution in [1.82, 2.24) is 0 Å². The number of carbonyl (C=O) groups is 2. The van der Waals surface area contributed by atoms with E-state index in [2.05, 4.69) is 10.6 Å². The highest BCUT2D eigenvalue weighted by Crippen LogP contribution is 2.40. The fourth-order valence-electron chi connectivity index (χ4n) is 2.53. The van der Waals surface area contributed by atoms with E-state index in [1.165, 1.54) is 0 Å². The molecule has 0 aromatic heterocycles. The van der Waals surface area contributed by atoms with Crippen molar-refractivity contribution >= 4 is 34.8 Å². The number of halogens is 4. The quantitative estimate of drug-likeness (QED) is 0.775. The van der Waals surface area contributed by atoms with Crippen molar-refractivity contribution < 1.29 is 22.8 Å². The number of anilines is 2. The highest BCUT2D eigenvalue weighted by Gasteiger charge is 2.48. The van der Waals surface area contributed by atoms with E-state index in [0.717, 1.165) is 11.6 Å². The molecule has 0 saturated heterocycles. The summed E-state index contributed by atoms with van der Waals surface area (Å²) in [6.07, 6.45) is 0.280. The van der Waals surface area contributed by atoms with E-state index >= 15 is 0 Å². The number of hydrogen-bond acceptors (Lipinski definition) is 2. The van der Waals surface area contributed by atoms with Gasteiger partial charge in [0.05, 0.1) is 17.5 Å². The zero-order valence-corrected chi connectivity index (χ0v) is 14.3. The highest BCUT2D eigenvalue weighted by atomic mass is 35.5. The molecule has 0 radical (unpaired) electrons. The van der Waals surface area contributed by atoms with E-state index in [1.807, 2.05) is 6.92 Å². The number of amides is 2. The third-order valence-corrected chi connectivity index (χ3v) is 4.60. The second-order valence-electron chi connectivity index (χ2n) is 6.11. The van der Waals surface area contributed by atoms with Crippen LogP contribution in [0.3, 0.4) is 0 Å². The predicted octanol–water partition coefficient (Wildman–Crippen LogP) is 4.28. The molecule has 26 heavy (non-hydrogen) atoms. The third-order valence-electron chi connectivity index (χ3n) is 4.20. The van der Waals surface area contributed by atoms with Crippen LogP contribution in [-0.4, -0.2) is 11.8 Å². The Balaban J connectivity index is 1.61. The van der Waals surface area contributed by atoms with Gasteiger partial charge >= 0.3 is 0 Å². The van der Waals surface area contributed by atoms with Gasteiger partial charge in [-0.05, 0) is 43.2 Å². The average molecular weight is 383 g/mol. The summed E-state index contributed by atoms with van der Waals surface area (Å²) in [6, 6.07) is 6.68. The average Bonchev–Trinajstić information content (AvgIpc) is 3.39. The molecule has 2 N–H and O–H groups in total. The number of rotatable bonds is 4. The van der Waals surface area contributed by atoms with Gasteiger partial charge in [0.1, 0.15) is 0 Å². The molecule has 2 unspecified atom stereocenters. The largest absolute Gasteiger partial charge is 0.326 e. The fraction of sp³-hybridized carbons (Fsp3) is 0.222. The lowest BCUT2D eigenvalue weighted by Gasteiger charge is -2.08. The zero-order valence-electron chi connectivity index (χ0n) is 13.6. The van der Waals surface area contributed by atoms with E-state index < -0.39 is 40.9 Å². The van der Waals surface area contributed by atoms with E-state index in [9.17, 15) is 22.8 Å². The molecule has 4 nitrogen and oxygen atoms in total. The highest BCUT2D eigenvalue weighted by molar-refractivity contribution is 6.31. The Bertz CT molecular complexity index is 904. The van der Waals surface area contributed by atoms with Gasteiger partial charge in [0.2, 0.25) is 11.8 Å². The van der Waals surface area contributed by atoms with Crippen molar-refractivity contribution in [3.63, 3.8) is 0 Å². The lowest BCUT2D eigenvalue weighted by Crippen LogP contribution is -2.21. The van der Waals surface area contributed by atoms with Crippen LogP contribution < -0.4 is 10.6 Å². The normalized spacial score (nSPS) is 18.3. The summed E-state index contributed by atoms with van der Waals surface area (Å²) in [5, 5.41) is 5.35. The maximum absolute atomic E-state index is 13.6. The van der Waals surface area contributed by atoms with Crippen LogP contribution in [0.2, 0.25) is 5.02 Å². The first kappa shape index (κ1) is 18.3. The second kappa shape index (κ2) is 6.99. The fourth-order valence-corrected chi connectivity index (χ4v) is 2.71. The lowest BCUT2D eigenvalue weighted by molar-refractivity contribution is -0.122. The molecule has 2 aromatic rings. The number of hydrogen-bond donors (Lipinski definition) is 2.